The number of aryl methyl sites for hydroxylation is 1. The zero-order chi connectivity index (χ0) is 44.0. The number of ketones is 1. The van der Waals surface area contributed by atoms with E-state index in [-0.39, 0.29) is 61.9 Å². The Labute approximate surface area is 343 Å². The van der Waals surface area contributed by atoms with Crippen LogP contribution in [0.25, 0.3) is 21.7 Å². The number of amides is 1. The molecule has 3 aromatic rings. The van der Waals surface area contributed by atoms with E-state index in [9.17, 15) is 39.6 Å². The molecule has 2 aliphatic heterocycles. The average Bonchev–Trinajstić information content (AvgIpc) is 3.64. The molecule has 0 aliphatic carbocycles. The highest BCUT2D eigenvalue weighted by Crippen LogP contribution is 2.55. The summed E-state index contributed by atoms with van der Waals surface area (Å²) in [4.78, 5) is 54.5. The number of carbonyl (C=O) groups excluding carboxylic acids is 4. The maximum atomic E-state index is 14.7. The van der Waals surface area contributed by atoms with Gasteiger partial charge in [-0.1, -0.05) is 45.9 Å². The summed E-state index contributed by atoms with van der Waals surface area (Å²) in [5.74, 6) is -8.30. The van der Waals surface area contributed by atoms with E-state index in [0.717, 1.165) is 0 Å². The third-order valence-electron chi connectivity index (χ3n) is 12.0. The number of aliphatic hydroxyl groups excluding tert-OH is 2. The van der Waals surface area contributed by atoms with Gasteiger partial charge in [0.25, 0.3) is 11.7 Å². The number of Topliss-reactive ketones (excluding diaryl/α,β-unsaturated/α-hetero) is 1. The number of methoxy groups -OCH3 is 2. The molecule has 9 atom stereocenters. The number of aromatic hydroxyl groups is 2. The number of anilines is 1. The summed E-state index contributed by atoms with van der Waals surface area (Å²) in [5.41, 5.74) is 0.689. The van der Waals surface area contributed by atoms with Crippen LogP contribution in [0.5, 0.6) is 17.2 Å². The van der Waals surface area contributed by atoms with E-state index in [1.165, 1.54) is 60.3 Å². The van der Waals surface area contributed by atoms with Gasteiger partial charge in [-0.2, -0.15) is 0 Å². The smallest absolute Gasteiger partial charge is 0.340 e. The van der Waals surface area contributed by atoms with Gasteiger partial charge in [-0.25, -0.2) is 4.79 Å². The lowest BCUT2D eigenvalue weighted by Crippen LogP contribution is -2.46. The molecule has 4 bridgehead atoms. The number of ether oxygens (including phenoxy) is 5. The summed E-state index contributed by atoms with van der Waals surface area (Å²) in [6.07, 6.45) is 3.60. The molecule has 0 spiro atoms. The molecule has 3 heterocycles. The molecule has 0 unspecified atom stereocenters. The highest BCUT2D eigenvalue weighted by Gasteiger charge is 2.50. The maximum absolute atomic E-state index is 14.7. The van der Waals surface area contributed by atoms with Crippen LogP contribution in [0.1, 0.15) is 87.4 Å². The van der Waals surface area contributed by atoms with E-state index < -0.39 is 89.0 Å². The lowest BCUT2D eigenvalue weighted by atomic mass is 9.78. The molecule has 2 aromatic carbocycles. The topological polar surface area (TPSA) is 212 Å². The largest absolute Gasteiger partial charge is 0.507 e. The normalized spacial score (nSPS) is 28.1. The van der Waals surface area contributed by atoms with Crippen molar-refractivity contribution >= 4 is 51.0 Å². The van der Waals surface area contributed by atoms with Crippen LogP contribution in [0.15, 0.2) is 36.1 Å². The fraction of sp³-hybridized carbons (Fsp3) is 0.500. The van der Waals surface area contributed by atoms with Crippen LogP contribution in [0.3, 0.4) is 0 Å². The highest BCUT2D eigenvalue weighted by molar-refractivity contribution is 6.31. The molecule has 0 saturated heterocycles. The molecular weight excluding hydrogens is 764 g/mol. The van der Waals surface area contributed by atoms with Gasteiger partial charge in [0.15, 0.2) is 5.75 Å². The highest BCUT2D eigenvalue weighted by atomic mass is 16.7. The molecule has 320 valence electrons. The van der Waals surface area contributed by atoms with Crippen molar-refractivity contribution in [2.24, 2.45) is 23.7 Å². The number of fused-ring (bicyclic) bond motifs is 1. The van der Waals surface area contributed by atoms with Gasteiger partial charge in [-0.15, -0.1) is 0 Å². The van der Waals surface area contributed by atoms with Crippen LogP contribution >= 0.6 is 0 Å². The summed E-state index contributed by atoms with van der Waals surface area (Å²) < 4.78 is 30.7. The Balaban J connectivity index is 1.82. The molecule has 0 fully saturated rings. The summed E-state index contributed by atoms with van der Waals surface area (Å²) in [6, 6.07) is 0. The monoisotopic (exact) mass is 820 g/mol. The summed E-state index contributed by atoms with van der Waals surface area (Å²) in [5, 5.41) is 49.5. The molecule has 15 nitrogen and oxygen atoms in total. The number of hydrogen-bond donors (Lipinski definition) is 5. The van der Waals surface area contributed by atoms with Crippen molar-refractivity contribution < 1.29 is 63.3 Å². The molecule has 0 radical (unpaired) electrons. The number of nitrogens with one attached hydrogen (secondary N) is 1. The van der Waals surface area contributed by atoms with Crippen LogP contribution in [0, 0.1) is 37.5 Å². The fourth-order valence-electron chi connectivity index (χ4n) is 8.47. The first kappa shape index (κ1) is 44.7. The lowest BCUT2D eigenvalue weighted by molar-refractivity contribution is -0.160. The molecular formula is C44H56N2O13. The number of nitrogens with zero attached hydrogens (tertiary/aromatic N) is 1. The summed E-state index contributed by atoms with van der Waals surface area (Å²) in [7, 11) is 2.64. The van der Waals surface area contributed by atoms with Crippen molar-refractivity contribution in [3.63, 3.8) is 0 Å². The zero-order valence-electron chi connectivity index (χ0n) is 35.6. The van der Waals surface area contributed by atoms with Gasteiger partial charge < -0.3 is 54.0 Å². The minimum atomic E-state index is -2.02. The Hall–Kier alpha value is -5.38. The van der Waals surface area contributed by atoms with Gasteiger partial charge in [0.05, 0.1) is 59.4 Å². The fourth-order valence-corrected chi connectivity index (χ4v) is 8.47. The second-order valence-corrected chi connectivity index (χ2v) is 15.8. The van der Waals surface area contributed by atoms with Crippen LogP contribution < -0.4 is 10.1 Å². The Kier molecular flexibility index (Phi) is 12.9. The quantitative estimate of drug-likeness (QED) is 0.149. The predicted octanol–water partition coefficient (Wildman–Crippen LogP) is 6.12. The minimum absolute atomic E-state index is 0.0159. The second kappa shape index (κ2) is 17.1. The van der Waals surface area contributed by atoms with E-state index in [1.807, 2.05) is 6.92 Å². The Morgan fingerprint density at radius 3 is 2.19 bits per heavy atom. The van der Waals surface area contributed by atoms with E-state index in [4.69, 9.17) is 23.7 Å². The second-order valence-electron chi connectivity index (χ2n) is 15.8. The Morgan fingerprint density at radius 1 is 0.932 bits per heavy atom. The maximum Gasteiger partial charge on any atom is 0.340 e. The molecule has 5 rings (SSSR count). The third-order valence-corrected chi connectivity index (χ3v) is 12.0. The van der Waals surface area contributed by atoms with Crippen molar-refractivity contribution in [1.82, 2.24) is 4.57 Å². The number of allylic oxidation sites excluding steroid dienone is 2. The number of aliphatic hydroxyl groups is 2. The number of benzene rings is 2. The molecule has 0 saturated carbocycles. The number of rotatable bonds is 4. The number of carbonyl (C=O) groups is 4. The lowest BCUT2D eigenvalue weighted by Gasteiger charge is -2.38. The van der Waals surface area contributed by atoms with E-state index in [0.29, 0.717) is 5.69 Å². The van der Waals surface area contributed by atoms with Crippen molar-refractivity contribution in [3.05, 3.63) is 58.5 Å². The van der Waals surface area contributed by atoms with Crippen molar-refractivity contribution in [3.8, 4) is 17.2 Å². The Bertz CT molecular complexity index is 2290. The first-order chi connectivity index (χ1) is 27.7. The SMILES string of the molecule is CCn1c(C)c(C(=O)OC)c2c3c(O)c4c(O)c(C)c5c(c4c21)C(=O)[C@@](C)(OC=C[C@H](OC)[C@H](C)[C@H](OC(C)=O)[C@H](C)[C@H](O)[C@H](C)[C@H](O)[C@@H](C)C=CC=C(C)C(=O)N3)O5. The number of phenols is 2. The summed E-state index contributed by atoms with van der Waals surface area (Å²) in [6.45, 7) is 16.3. The first-order valence-corrected chi connectivity index (χ1v) is 19.6. The van der Waals surface area contributed by atoms with Crippen LogP contribution in [0.2, 0.25) is 0 Å². The zero-order valence-corrected chi connectivity index (χ0v) is 35.6. The van der Waals surface area contributed by atoms with Crippen LogP contribution in [0.4, 0.5) is 5.69 Å². The molecule has 2 aliphatic rings. The van der Waals surface area contributed by atoms with Crippen LogP contribution in [-0.4, -0.2) is 93.0 Å². The van der Waals surface area contributed by atoms with E-state index in [2.05, 4.69) is 5.32 Å². The van der Waals surface area contributed by atoms with Crippen molar-refractivity contribution in [2.75, 3.05) is 19.5 Å². The molecule has 59 heavy (non-hydrogen) atoms. The molecule has 15 heteroatoms. The predicted molar refractivity (Wildman–Crippen MR) is 219 cm³/mol. The van der Waals surface area contributed by atoms with Gasteiger partial charge in [-0.05, 0) is 33.8 Å². The van der Waals surface area contributed by atoms with Gasteiger partial charge in [-0.3, -0.25) is 14.4 Å². The molecule has 5 N–H and O–H groups in total. The Morgan fingerprint density at radius 2 is 1.59 bits per heavy atom. The van der Waals surface area contributed by atoms with Crippen molar-refractivity contribution in [1.29, 1.82) is 0 Å². The molecule has 1 amide bonds. The minimum Gasteiger partial charge on any atom is -0.507 e. The van der Waals surface area contributed by atoms with E-state index >= 15 is 0 Å². The number of phenolic OH excluding ortho intramolecular Hbond substituents is 2. The third kappa shape index (κ3) is 7.67. The average molecular weight is 821 g/mol. The number of aromatic nitrogens is 1. The van der Waals surface area contributed by atoms with E-state index in [1.54, 1.807) is 51.3 Å². The van der Waals surface area contributed by atoms with Gasteiger partial charge in [0.1, 0.15) is 17.6 Å². The van der Waals surface area contributed by atoms with Crippen molar-refractivity contribution in [2.45, 2.75) is 106 Å². The van der Waals surface area contributed by atoms with Gasteiger partial charge >= 0.3 is 17.7 Å². The van der Waals surface area contributed by atoms with Crippen LogP contribution in [-0.2, 0) is 35.1 Å². The molecule has 1 aromatic heterocycles. The van der Waals surface area contributed by atoms with Gasteiger partial charge in [0, 0.05) is 78.8 Å². The summed E-state index contributed by atoms with van der Waals surface area (Å²) >= 11 is 0. The number of hydrogen-bond acceptors (Lipinski definition) is 13. The number of esters is 2. The first-order valence-electron chi connectivity index (χ1n) is 19.6. The van der Waals surface area contributed by atoms with Gasteiger partial charge in [0.2, 0.25) is 0 Å². The standard InChI is InChI=1S/C44H56N2O13/c1-13-46-25(8)28(43(54)56-12)30-33-38(51)31-29(34(30)46)32-40(24(7)37(31)50)59-44(10,41(32)52)57-18-17-27(55-11)21(4)39(58-26(9)47)23(6)36(49)22(5)35(48)19(2)15-14-16-20(3)42(53)45-33/h14-19,21-23,27,35-36,39,48-51H,13H2,1-12H3,(H,45,53)/t19-,21-,22+,23+,27-,35+,36+,39-,44-/m0/s1.